The van der Waals surface area contributed by atoms with Crippen LogP contribution in [0.1, 0.15) is 37.6 Å². The van der Waals surface area contributed by atoms with Gasteiger partial charge in [-0.05, 0) is 30.7 Å². The average molecular weight is 463 g/mol. The normalized spacial score (nSPS) is 12.8. The minimum absolute atomic E-state index is 0.102. The zero-order valence-corrected chi connectivity index (χ0v) is 18.6. The molecule has 0 N–H and O–H groups in total. The SMILES string of the molecule is C=CCn1cc(C=Nn2c([C@@H](C)CC)nc3ccc(Br)cc3c2=O)c2ccccc21. The molecule has 2 aromatic carbocycles. The highest BCUT2D eigenvalue weighted by molar-refractivity contribution is 9.10. The van der Waals surface area contributed by atoms with Crippen LogP contribution in [0.2, 0.25) is 0 Å². The Balaban J connectivity index is 1.90. The predicted octanol–water partition coefficient (Wildman–Crippen LogP) is 5.70. The lowest BCUT2D eigenvalue weighted by atomic mass is 10.1. The summed E-state index contributed by atoms with van der Waals surface area (Å²) in [6.45, 7) is 8.69. The van der Waals surface area contributed by atoms with Gasteiger partial charge in [0.1, 0.15) is 5.82 Å². The van der Waals surface area contributed by atoms with Crippen molar-refractivity contribution in [3.05, 3.63) is 87.5 Å². The summed E-state index contributed by atoms with van der Waals surface area (Å²) in [5.41, 5.74) is 2.58. The number of fused-ring (bicyclic) bond motifs is 2. The fourth-order valence-electron chi connectivity index (χ4n) is 3.57. The number of halogens is 1. The summed E-state index contributed by atoms with van der Waals surface area (Å²) < 4.78 is 4.41. The first kappa shape index (κ1) is 20.3. The van der Waals surface area contributed by atoms with Gasteiger partial charge in [0.2, 0.25) is 0 Å². The Morgan fingerprint density at radius 3 is 2.80 bits per heavy atom. The second-order valence-electron chi connectivity index (χ2n) is 7.34. The van der Waals surface area contributed by atoms with Crippen LogP contribution in [0.25, 0.3) is 21.8 Å². The van der Waals surface area contributed by atoms with Gasteiger partial charge in [0.25, 0.3) is 5.56 Å². The molecular formula is C24H23BrN4O. The Kier molecular flexibility index (Phi) is 5.68. The van der Waals surface area contributed by atoms with Gasteiger partial charge >= 0.3 is 0 Å². The first-order chi connectivity index (χ1) is 14.5. The van der Waals surface area contributed by atoms with Gasteiger partial charge in [-0.1, -0.05) is 54.1 Å². The average Bonchev–Trinajstić information content (AvgIpc) is 3.11. The van der Waals surface area contributed by atoms with Crippen LogP contribution in [0.3, 0.4) is 0 Å². The van der Waals surface area contributed by atoms with Crippen molar-refractivity contribution in [2.75, 3.05) is 0 Å². The smallest absolute Gasteiger partial charge is 0.282 e. The predicted molar refractivity (Wildman–Crippen MR) is 128 cm³/mol. The van der Waals surface area contributed by atoms with Crippen molar-refractivity contribution in [3.63, 3.8) is 0 Å². The largest absolute Gasteiger partial charge is 0.343 e. The fourth-order valence-corrected chi connectivity index (χ4v) is 3.93. The summed E-state index contributed by atoms with van der Waals surface area (Å²) in [6.07, 6.45) is 6.52. The van der Waals surface area contributed by atoms with E-state index in [4.69, 9.17) is 4.98 Å². The van der Waals surface area contributed by atoms with E-state index in [9.17, 15) is 4.79 Å². The summed E-state index contributed by atoms with van der Waals surface area (Å²) in [4.78, 5) is 18.1. The van der Waals surface area contributed by atoms with Crippen molar-refractivity contribution in [2.45, 2.75) is 32.7 Å². The van der Waals surface area contributed by atoms with E-state index in [1.54, 1.807) is 12.3 Å². The molecule has 152 valence electrons. The second-order valence-corrected chi connectivity index (χ2v) is 8.26. The Morgan fingerprint density at radius 2 is 2.03 bits per heavy atom. The molecular weight excluding hydrogens is 440 g/mol. The minimum Gasteiger partial charge on any atom is -0.343 e. The molecule has 0 spiro atoms. The Labute approximate surface area is 183 Å². The molecule has 0 saturated carbocycles. The van der Waals surface area contributed by atoms with Crippen LogP contribution in [0, 0.1) is 0 Å². The Hall–Kier alpha value is -2.99. The fraction of sp³-hybridized carbons (Fsp3) is 0.208. The topological polar surface area (TPSA) is 52.2 Å². The molecule has 0 fully saturated rings. The first-order valence-corrected chi connectivity index (χ1v) is 10.8. The lowest BCUT2D eigenvalue weighted by Gasteiger charge is -2.13. The highest BCUT2D eigenvalue weighted by Gasteiger charge is 2.16. The Bertz CT molecular complexity index is 1330. The molecule has 1 atom stereocenters. The zero-order chi connectivity index (χ0) is 21.3. The Morgan fingerprint density at radius 1 is 1.23 bits per heavy atom. The molecule has 4 rings (SSSR count). The van der Waals surface area contributed by atoms with Gasteiger partial charge in [0, 0.05) is 39.6 Å². The van der Waals surface area contributed by atoms with E-state index in [0.717, 1.165) is 27.4 Å². The summed E-state index contributed by atoms with van der Waals surface area (Å²) >= 11 is 3.45. The van der Waals surface area contributed by atoms with E-state index in [-0.39, 0.29) is 11.5 Å². The van der Waals surface area contributed by atoms with Crippen LogP contribution in [-0.2, 0) is 6.54 Å². The molecule has 0 aliphatic carbocycles. The van der Waals surface area contributed by atoms with Crippen LogP contribution in [0.4, 0.5) is 0 Å². The van der Waals surface area contributed by atoms with Gasteiger partial charge < -0.3 is 4.57 Å². The molecule has 0 radical (unpaired) electrons. The van der Waals surface area contributed by atoms with E-state index in [1.165, 1.54) is 4.68 Å². The van der Waals surface area contributed by atoms with Crippen molar-refractivity contribution in [1.29, 1.82) is 0 Å². The van der Waals surface area contributed by atoms with Gasteiger partial charge in [-0.25, -0.2) is 4.98 Å². The molecule has 5 nitrogen and oxygen atoms in total. The maximum absolute atomic E-state index is 13.3. The molecule has 0 aliphatic heterocycles. The van der Waals surface area contributed by atoms with Crippen molar-refractivity contribution in [2.24, 2.45) is 5.10 Å². The minimum atomic E-state index is -0.164. The number of nitrogens with zero attached hydrogens (tertiary/aromatic N) is 4. The van der Waals surface area contributed by atoms with Crippen LogP contribution < -0.4 is 5.56 Å². The molecule has 30 heavy (non-hydrogen) atoms. The summed E-state index contributed by atoms with van der Waals surface area (Å²) in [6, 6.07) is 13.7. The third-order valence-corrected chi connectivity index (χ3v) is 5.84. The molecule has 0 saturated heterocycles. The van der Waals surface area contributed by atoms with Gasteiger partial charge in [-0.15, -0.1) is 6.58 Å². The van der Waals surface area contributed by atoms with E-state index in [0.29, 0.717) is 23.3 Å². The molecule has 6 heteroatoms. The van der Waals surface area contributed by atoms with E-state index >= 15 is 0 Å². The van der Waals surface area contributed by atoms with Crippen molar-refractivity contribution < 1.29 is 0 Å². The second kappa shape index (κ2) is 8.40. The van der Waals surface area contributed by atoms with Gasteiger partial charge in [0.05, 0.1) is 17.1 Å². The van der Waals surface area contributed by atoms with Gasteiger partial charge in [-0.3, -0.25) is 4.79 Å². The standard InChI is InChI=1S/C24H23BrN4O/c1-4-12-28-15-17(19-8-6-7-9-22(19)28)14-26-29-23(16(3)5-2)27-21-11-10-18(25)13-20(21)24(29)30/h4,6-11,13-16H,1,5,12H2,2-3H3/t16-/m0/s1. The van der Waals surface area contributed by atoms with E-state index < -0.39 is 0 Å². The van der Waals surface area contributed by atoms with Crippen LogP contribution in [0.5, 0.6) is 0 Å². The quantitative estimate of drug-likeness (QED) is 0.272. The third-order valence-electron chi connectivity index (χ3n) is 5.34. The number of rotatable bonds is 6. The van der Waals surface area contributed by atoms with Crippen LogP contribution in [0.15, 0.2) is 75.7 Å². The lowest BCUT2D eigenvalue weighted by molar-refractivity contribution is 0.613. The maximum Gasteiger partial charge on any atom is 0.282 e. The van der Waals surface area contributed by atoms with Crippen LogP contribution >= 0.6 is 15.9 Å². The first-order valence-electron chi connectivity index (χ1n) is 9.98. The third kappa shape index (κ3) is 3.63. The highest BCUT2D eigenvalue weighted by Crippen LogP contribution is 2.22. The van der Waals surface area contributed by atoms with E-state index in [2.05, 4.69) is 58.2 Å². The maximum atomic E-state index is 13.3. The van der Waals surface area contributed by atoms with E-state index in [1.807, 2.05) is 36.5 Å². The molecule has 0 bridgehead atoms. The molecule has 0 unspecified atom stereocenters. The molecule has 2 heterocycles. The number of hydrogen-bond donors (Lipinski definition) is 0. The highest BCUT2D eigenvalue weighted by atomic mass is 79.9. The molecule has 0 amide bonds. The van der Waals surface area contributed by atoms with Crippen molar-refractivity contribution >= 4 is 44.0 Å². The summed E-state index contributed by atoms with van der Waals surface area (Å²) in [7, 11) is 0. The van der Waals surface area contributed by atoms with Gasteiger partial charge in [-0.2, -0.15) is 9.78 Å². The number of allylic oxidation sites excluding steroid dienone is 1. The zero-order valence-electron chi connectivity index (χ0n) is 17.0. The lowest BCUT2D eigenvalue weighted by Crippen LogP contribution is -2.23. The number of aromatic nitrogens is 3. The summed E-state index contributed by atoms with van der Waals surface area (Å²) in [5.74, 6) is 0.772. The molecule has 4 aromatic rings. The number of hydrogen-bond acceptors (Lipinski definition) is 3. The van der Waals surface area contributed by atoms with Crippen molar-refractivity contribution in [1.82, 2.24) is 14.2 Å². The number of para-hydroxylation sites is 1. The van der Waals surface area contributed by atoms with Gasteiger partial charge in [0.15, 0.2) is 0 Å². The van der Waals surface area contributed by atoms with Crippen molar-refractivity contribution in [3.8, 4) is 0 Å². The molecule has 0 aliphatic rings. The monoisotopic (exact) mass is 462 g/mol. The summed E-state index contributed by atoms with van der Waals surface area (Å²) in [5, 5.41) is 6.24. The number of benzene rings is 2. The molecule has 2 aromatic heterocycles. The van der Waals surface area contributed by atoms with Crippen LogP contribution in [-0.4, -0.2) is 20.4 Å².